The van der Waals surface area contributed by atoms with Crippen LogP contribution in [0.2, 0.25) is 0 Å². The Morgan fingerprint density at radius 1 is 1.04 bits per heavy atom. The number of hydrogen-bond donors (Lipinski definition) is 1. The van der Waals surface area contributed by atoms with Crippen LogP contribution in [0.5, 0.6) is 11.5 Å². The molecule has 0 aliphatic carbocycles. The van der Waals surface area contributed by atoms with Gasteiger partial charge in [-0.2, -0.15) is 0 Å². The maximum absolute atomic E-state index is 11.8. The van der Waals surface area contributed by atoms with E-state index in [0.717, 1.165) is 14.9 Å². The molecule has 5 heteroatoms. The first-order chi connectivity index (χ1) is 11.0. The third-order valence-corrected chi connectivity index (χ3v) is 3.69. The molecular weight excluding hydrogens is 405 g/mol. The lowest BCUT2D eigenvalue weighted by Gasteiger charge is -2.11. The predicted molar refractivity (Wildman–Crippen MR) is 98.7 cm³/mol. The van der Waals surface area contributed by atoms with Gasteiger partial charge in [0.05, 0.1) is 6.10 Å². The summed E-state index contributed by atoms with van der Waals surface area (Å²) in [5.41, 5.74) is 1.02. The number of nitrogens with one attached hydrogen (secondary N) is 1. The molecule has 122 valence electrons. The Labute approximate surface area is 150 Å². The molecule has 0 saturated heterocycles. The van der Waals surface area contributed by atoms with Crippen LogP contribution in [0.3, 0.4) is 0 Å². The van der Waals surface area contributed by atoms with Crippen molar-refractivity contribution in [1.82, 2.24) is 5.32 Å². The van der Waals surface area contributed by atoms with E-state index >= 15 is 0 Å². The van der Waals surface area contributed by atoms with E-state index in [-0.39, 0.29) is 18.6 Å². The van der Waals surface area contributed by atoms with E-state index in [4.69, 9.17) is 9.47 Å². The molecule has 0 spiro atoms. The normalized spacial score (nSPS) is 10.4. The molecule has 0 radical (unpaired) electrons. The van der Waals surface area contributed by atoms with Gasteiger partial charge in [0.2, 0.25) is 0 Å². The van der Waals surface area contributed by atoms with Crippen LogP contribution >= 0.6 is 22.6 Å². The fourth-order valence-electron chi connectivity index (χ4n) is 1.89. The Morgan fingerprint density at radius 2 is 1.65 bits per heavy atom. The standard InChI is InChI=1S/C18H20INO3/c1-13(2)23-17-7-3-14(4-8-17)11-20-18(21)12-22-16-9-5-15(19)6-10-16/h3-10,13H,11-12H2,1-2H3,(H,20,21). The number of amides is 1. The van der Waals surface area contributed by atoms with Gasteiger partial charge in [-0.1, -0.05) is 12.1 Å². The molecule has 0 aliphatic heterocycles. The summed E-state index contributed by atoms with van der Waals surface area (Å²) in [5, 5.41) is 2.83. The molecule has 2 aromatic carbocycles. The third kappa shape index (κ3) is 6.48. The first-order valence-corrected chi connectivity index (χ1v) is 8.51. The molecule has 1 N–H and O–H groups in total. The van der Waals surface area contributed by atoms with Gasteiger partial charge in [0, 0.05) is 10.1 Å². The van der Waals surface area contributed by atoms with Crippen LogP contribution in [0, 0.1) is 3.57 Å². The number of carbonyl (C=O) groups excluding carboxylic acids is 1. The molecule has 0 aromatic heterocycles. The Morgan fingerprint density at radius 3 is 2.26 bits per heavy atom. The lowest BCUT2D eigenvalue weighted by atomic mass is 10.2. The second kappa shape index (κ2) is 8.76. The van der Waals surface area contributed by atoms with Crippen molar-refractivity contribution in [3.63, 3.8) is 0 Å². The van der Waals surface area contributed by atoms with E-state index in [9.17, 15) is 4.79 Å². The highest BCUT2D eigenvalue weighted by Gasteiger charge is 2.04. The molecule has 0 atom stereocenters. The first kappa shape index (κ1) is 17.6. The van der Waals surface area contributed by atoms with Crippen LogP contribution in [0.4, 0.5) is 0 Å². The van der Waals surface area contributed by atoms with Crippen LogP contribution in [-0.4, -0.2) is 18.6 Å². The minimum absolute atomic E-state index is 0.00906. The average Bonchev–Trinajstić information content (AvgIpc) is 2.53. The summed E-state index contributed by atoms with van der Waals surface area (Å²) < 4.78 is 12.2. The maximum atomic E-state index is 11.8. The largest absolute Gasteiger partial charge is 0.491 e. The van der Waals surface area contributed by atoms with E-state index in [0.29, 0.717) is 12.3 Å². The van der Waals surface area contributed by atoms with Crippen molar-refractivity contribution in [3.05, 3.63) is 57.7 Å². The molecule has 2 rings (SSSR count). The Balaban J connectivity index is 1.74. The Bertz CT molecular complexity index is 624. The van der Waals surface area contributed by atoms with Gasteiger partial charge in [0.1, 0.15) is 11.5 Å². The summed E-state index contributed by atoms with van der Waals surface area (Å²) in [7, 11) is 0. The van der Waals surface area contributed by atoms with E-state index in [1.807, 2.05) is 62.4 Å². The smallest absolute Gasteiger partial charge is 0.258 e. The molecule has 23 heavy (non-hydrogen) atoms. The summed E-state index contributed by atoms with van der Waals surface area (Å²) in [4.78, 5) is 11.8. The fourth-order valence-corrected chi connectivity index (χ4v) is 2.25. The lowest BCUT2D eigenvalue weighted by molar-refractivity contribution is -0.123. The zero-order chi connectivity index (χ0) is 16.7. The van der Waals surface area contributed by atoms with E-state index in [1.165, 1.54) is 0 Å². The van der Waals surface area contributed by atoms with Crippen LogP contribution in [-0.2, 0) is 11.3 Å². The average molecular weight is 425 g/mol. The summed E-state index contributed by atoms with van der Waals surface area (Å²) in [6.45, 7) is 4.45. The molecule has 0 bridgehead atoms. The van der Waals surface area contributed by atoms with Crippen molar-refractivity contribution in [3.8, 4) is 11.5 Å². The number of carbonyl (C=O) groups is 1. The summed E-state index contributed by atoms with van der Waals surface area (Å²) in [6.07, 6.45) is 0.152. The minimum Gasteiger partial charge on any atom is -0.491 e. The van der Waals surface area contributed by atoms with Crippen molar-refractivity contribution in [2.75, 3.05) is 6.61 Å². The molecule has 0 heterocycles. The molecule has 0 saturated carbocycles. The monoisotopic (exact) mass is 425 g/mol. The molecule has 0 unspecified atom stereocenters. The van der Waals surface area contributed by atoms with Gasteiger partial charge < -0.3 is 14.8 Å². The summed E-state index contributed by atoms with van der Waals surface area (Å²) in [6, 6.07) is 15.3. The van der Waals surface area contributed by atoms with Gasteiger partial charge in [-0.25, -0.2) is 0 Å². The first-order valence-electron chi connectivity index (χ1n) is 7.43. The van der Waals surface area contributed by atoms with Crippen molar-refractivity contribution in [1.29, 1.82) is 0 Å². The van der Waals surface area contributed by atoms with Crippen molar-refractivity contribution < 1.29 is 14.3 Å². The second-order valence-corrected chi connectivity index (χ2v) is 6.58. The molecular formula is C18H20INO3. The molecule has 4 nitrogen and oxygen atoms in total. The highest BCUT2D eigenvalue weighted by molar-refractivity contribution is 14.1. The quantitative estimate of drug-likeness (QED) is 0.688. The van der Waals surface area contributed by atoms with Gasteiger partial charge in [-0.15, -0.1) is 0 Å². The van der Waals surface area contributed by atoms with Gasteiger partial charge in [-0.05, 0) is 78.4 Å². The van der Waals surface area contributed by atoms with Crippen molar-refractivity contribution >= 4 is 28.5 Å². The third-order valence-electron chi connectivity index (χ3n) is 2.97. The highest BCUT2D eigenvalue weighted by Crippen LogP contribution is 2.14. The molecule has 2 aromatic rings. The van der Waals surface area contributed by atoms with Gasteiger partial charge in [0.25, 0.3) is 5.91 Å². The number of rotatable bonds is 7. The summed E-state index contributed by atoms with van der Waals surface area (Å²) >= 11 is 2.22. The lowest BCUT2D eigenvalue weighted by Crippen LogP contribution is -2.28. The van der Waals surface area contributed by atoms with Gasteiger partial charge in [-0.3, -0.25) is 4.79 Å². The number of ether oxygens (including phenoxy) is 2. The zero-order valence-corrected chi connectivity index (χ0v) is 15.4. The van der Waals surface area contributed by atoms with Gasteiger partial charge in [0.15, 0.2) is 6.61 Å². The van der Waals surface area contributed by atoms with Crippen LogP contribution < -0.4 is 14.8 Å². The number of benzene rings is 2. The van der Waals surface area contributed by atoms with Crippen molar-refractivity contribution in [2.45, 2.75) is 26.5 Å². The Hall–Kier alpha value is -1.76. The second-order valence-electron chi connectivity index (χ2n) is 5.33. The van der Waals surface area contributed by atoms with Crippen LogP contribution in [0.25, 0.3) is 0 Å². The fraction of sp³-hybridized carbons (Fsp3) is 0.278. The SMILES string of the molecule is CC(C)Oc1ccc(CNC(=O)COc2ccc(I)cc2)cc1. The van der Waals surface area contributed by atoms with Crippen LogP contribution in [0.1, 0.15) is 19.4 Å². The molecule has 0 aliphatic rings. The van der Waals surface area contributed by atoms with Crippen molar-refractivity contribution in [2.24, 2.45) is 0 Å². The topological polar surface area (TPSA) is 47.6 Å². The highest BCUT2D eigenvalue weighted by atomic mass is 127. The predicted octanol–water partition coefficient (Wildman–Crippen LogP) is 3.77. The molecule has 0 fully saturated rings. The number of hydrogen-bond acceptors (Lipinski definition) is 3. The Kier molecular flexibility index (Phi) is 6.70. The van der Waals surface area contributed by atoms with E-state index < -0.39 is 0 Å². The maximum Gasteiger partial charge on any atom is 0.258 e. The van der Waals surface area contributed by atoms with Gasteiger partial charge >= 0.3 is 0 Å². The zero-order valence-electron chi connectivity index (χ0n) is 13.2. The minimum atomic E-state index is -0.147. The molecule has 1 amide bonds. The van der Waals surface area contributed by atoms with Crippen LogP contribution in [0.15, 0.2) is 48.5 Å². The van der Waals surface area contributed by atoms with E-state index in [1.54, 1.807) is 0 Å². The van der Waals surface area contributed by atoms with E-state index in [2.05, 4.69) is 27.9 Å². The summed E-state index contributed by atoms with van der Waals surface area (Å²) in [5.74, 6) is 1.37. The number of halogens is 1.